The Balaban J connectivity index is 3.82. The number of rotatable bonds is 4. The van der Waals surface area contributed by atoms with Crippen molar-refractivity contribution in [2.24, 2.45) is 22.9 Å². The molecule has 0 aromatic heterocycles. The third-order valence-electron chi connectivity index (χ3n) is 1.73. The Hall–Kier alpha value is 0.383. The molecule has 5 heteroatoms. The van der Waals surface area contributed by atoms with Gasteiger partial charge < -0.3 is 0 Å². The van der Waals surface area contributed by atoms with Crippen LogP contribution in [0.5, 0.6) is 0 Å². The van der Waals surface area contributed by atoms with E-state index in [9.17, 15) is 0 Å². The molecule has 0 atom stereocenters. The van der Waals surface area contributed by atoms with E-state index in [1.807, 2.05) is 0 Å². The SMILES string of the molecule is N[CH2][Ge]([CH2]N)([CH2]N)[CH2]N. The molecule has 0 spiro atoms. The van der Waals surface area contributed by atoms with Gasteiger partial charge in [-0.3, -0.25) is 0 Å². The van der Waals surface area contributed by atoms with Crippen LogP contribution in [0.1, 0.15) is 0 Å². The first-order valence-corrected chi connectivity index (χ1v) is 8.98. The monoisotopic (exact) mass is 194 g/mol. The van der Waals surface area contributed by atoms with Crippen molar-refractivity contribution in [3.05, 3.63) is 0 Å². The van der Waals surface area contributed by atoms with Gasteiger partial charge in [0.25, 0.3) is 0 Å². The van der Waals surface area contributed by atoms with Crippen molar-refractivity contribution >= 4 is 13.3 Å². The molecule has 0 rings (SSSR count). The molecule has 0 aromatic carbocycles. The first kappa shape index (κ1) is 9.38. The average molecular weight is 193 g/mol. The van der Waals surface area contributed by atoms with Crippen LogP contribution in [0.2, 0.25) is 0 Å². The van der Waals surface area contributed by atoms with Gasteiger partial charge in [-0.05, 0) is 0 Å². The first-order valence-electron chi connectivity index (χ1n) is 3.05. The normalized spacial score (nSPS) is 12.0. The molecule has 0 fully saturated rings. The van der Waals surface area contributed by atoms with Gasteiger partial charge in [0.15, 0.2) is 0 Å². The van der Waals surface area contributed by atoms with Crippen LogP contribution in [0.3, 0.4) is 0 Å². The molecular weight excluding hydrogens is 177 g/mol. The van der Waals surface area contributed by atoms with Crippen LogP contribution in [0.25, 0.3) is 0 Å². The van der Waals surface area contributed by atoms with Crippen LogP contribution < -0.4 is 22.9 Å². The van der Waals surface area contributed by atoms with E-state index in [2.05, 4.69) is 0 Å². The van der Waals surface area contributed by atoms with Crippen molar-refractivity contribution < 1.29 is 0 Å². The quantitative estimate of drug-likeness (QED) is 0.368. The van der Waals surface area contributed by atoms with E-state index in [0.717, 1.165) is 0 Å². The van der Waals surface area contributed by atoms with E-state index in [-0.39, 0.29) is 0 Å². The average Bonchev–Trinajstić information content (AvgIpc) is 1.95. The van der Waals surface area contributed by atoms with Crippen LogP contribution in [-0.2, 0) is 0 Å². The van der Waals surface area contributed by atoms with Gasteiger partial charge in [-0.2, -0.15) is 0 Å². The van der Waals surface area contributed by atoms with Gasteiger partial charge in [0.05, 0.1) is 0 Å². The third-order valence-corrected chi connectivity index (χ3v) is 9.00. The van der Waals surface area contributed by atoms with E-state index in [1.165, 1.54) is 0 Å². The fraction of sp³-hybridized carbons (Fsp3) is 1.00. The second kappa shape index (κ2) is 4.24. The fourth-order valence-electron chi connectivity index (χ4n) is 0.500. The Morgan fingerprint density at radius 1 is 0.667 bits per heavy atom. The van der Waals surface area contributed by atoms with Crippen molar-refractivity contribution in [1.82, 2.24) is 0 Å². The Kier molecular flexibility index (Phi) is 4.42. The second-order valence-electron chi connectivity index (χ2n) is 2.32. The van der Waals surface area contributed by atoms with Crippen molar-refractivity contribution in [2.75, 3.05) is 21.5 Å². The van der Waals surface area contributed by atoms with Crippen molar-refractivity contribution in [1.29, 1.82) is 0 Å². The molecule has 0 aliphatic carbocycles. The number of hydrogen-bond donors (Lipinski definition) is 4. The minimum atomic E-state index is -2.06. The van der Waals surface area contributed by atoms with Crippen molar-refractivity contribution in [2.45, 2.75) is 0 Å². The molecule has 0 bridgehead atoms. The molecular formula is C4H16GeN4. The first-order chi connectivity index (χ1) is 4.24. The second-order valence-corrected chi connectivity index (χ2v) is 12.0. The van der Waals surface area contributed by atoms with Gasteiger partial charge in [-0.15, -0.1) is 0 Å². The van der Waals surface area contributed by atoms with E-state index in [4.69, 9.17) is 22.9 Å². The van der Waals surface area contributed by atoms with Crippen LogP contribution in [-0.4, -0.2) is 34.8 Å². The summed E-state index contributed by atoms with van der Waals surface area (Å²) < 4.78 is 0. The molecule has 0 saturated carbocycles. The molecule has 56 valence electrons. The maximum absolute atomic E-state index is 5.48. The third kappa shape index (κ3) is 2.23. The summed E-state index contributed by atoms with van der Waals surface area (Å²) in [5.41, 5.74) is 21.9. The molecule has 0 unspecified atom stereocenters. The summed E-state index contributed by atoms with van der Waals surface area (Å²) in [6.45, 7) is 0. The Morgan fingerprint density at radius 3 is 0.889 bits per heavy atom. The molecule has 0 radical (unpaired) electrons. The molecule has 0 aliphatic rings. The van der Waals surface area contributed by atoms with Crippen LogP contribution >= 0.6 is 0 Å². The summed E-state index contributed by atoms with van der Waals surface area (Å²) in [6.07, 6.45) is 0. The summed E-state index contributed by atoms with van der Waals surface area (Å²) in [5.74, 6) is 0. The number of nitrogens with two attached hydrogens (primary N) is 4. The van der Waals surface area contributed by atoms with Gasteiger partial charge in [-0.1, -0.05) is 0 Å². The van der Waals surface area contributed by atoms with E-state index >= 15 is 0 Å². The summed E-state index contributed by atoms with van der Waals surface area (Å²) in [6, 6.07) is 0. The molecule has 9 heavy (non-hydrogen) atoms. The number of hydrogen-bond acceptors (Lipinski definition) is 4. The zero-order valence-corrected chi connectivity index (χ0v) is 7.74. The van der Waals surface area contributed by atoms with Gasteiger partial charge in [0, 0.05) is 0 Å². The Morgan fingerprint density at radius 2 is 0.889 bits per heavy atom. The predicted molar refractivity (Wildman–Crippen MR) is 42.0 cm³/mol. The van der Waals surface area contributed by atoms with Gasteiger partial charge in [0.2, 0.25) is 0 Å². The molecule has 4 nitrogen and oxygen atoms in total. The van der Waals surface area contributed by atoms with E-state index in [0.29, 0.717) is 21.5 Å². The molecule has 0 aromatic rings. The zero-order chi connectivity index (χ0) is 7.33. The summed E-state index contributed by atoms with van der Waals surface area (Å²) in [4.78, 5) is 0. The van der Waals surface area contributed by atoms with E-state index in [1.54, 1.807) is 0 Å². The van der Waals surface area contributed by atoms with Crippen LogP contribution in [0.4, 0.5) is 0 Å². The standard InChI is InChI=1S/C4H16GeN4/c6-1-5(2-7,3-8)4-9/h1-4,6-9H2. The summed E-state index contributed by atoms with van der Waals surface area (Å²) >= 11 is -2.06. The minimum absolute atomic E-state index is 0.656. The maximum atomic E-state index is 5.48. The van der Waals surface area contributed by atoms with Crippen LogP contribution in [0, 0.1) is 0 Å². The van der Waals surface area contributed by atoms with Gasteiger partial charge in [-0.25, -0.2) is 0 Å². The fourth-order valence-corrected chi connectivity index (χ4v) is 2.60. The van der Waals surface area contributed by atoms with Gasteiger partial charge >= 0.3 is 57.7 Å². The Bertz CT molecular complexity index is 55.5. The molecule has 0 heterocycles. The molecule has 0 aliphatic heterocycles. The zero-order valence-electron chi connectivity index (χ0n) is 5.64. The molecule has 8 N–H and O–H groups in total. The summed E-state index contributed by atoms with van der Waals surface area (Å²) in [7, 11) is 0. The van der Waals surface area contributed by atoms with Crippen molar-refractivity contribution in [3.8, 4) is 0 Å². The Labute approximate surface area is 58.3 Å². The topological polar surface area (TPSA) is 104 Å². The van der Waals surface area contributed by atoms with E-state index < -0.39 is 13.3 Å². The summed E-state index contributed by atoms with van der Waals surface area (Å²) in [5, 5.41) is 2.62. The molecule has 0 saturated heterocycles. The van der Waals surface area contributed by atoms with Crippen molar-refractivity contribution in [3.63, 3.8) is 0 Å². The van der Waals surface area contributed by atoms with Gasteiger partial charge in [0.1, 0.15) is 0 Å². The predicted octanol–water partition coefficient (Wildman–Crippen LogP) is -2.57. The van der Waals surface area contributed by atoms with Crippen LogP contribution in [0.15, 0.2) is 0 Å². The molecule has 0 amide bonds.